The minimum absolute atomic E-state index is 0.0495. The summed E-state index contributed by atoms with van der Waals surface area (Å²) in [4.78, 5) is 14.6. The molecule has 0 saturated carbocycles. The molecule has 1 aliphatic rings. The largest absolute Gasteiger partial charge is 0.497 e. The first kappa shape index (κ1) is 18.1. The predicted octanol–water partition coefficient (Wildman–Crippen LogP) is 3.51. The Morgan fingerprint density at radius 1 is 1.31 bits per heavy atom. The molecule has 1 aliphatic heterocycles. The second kappa shape index (κ2) is 8.62. The highest BCUT2D eigenvalue weighted by atomic mass is 16.5. The zero-order valence-corrected chi connectivity index (χ0v) is 15.1. The van der Waals surface area contributed by atoms with Crippen LogP contribution in [0.15, 0.2) is 41.0 Å². The second-order valence-electron chi connectivity index (χ2n) is 6.09. The van der Waals surface area contributed by atoms with E-state index < -0.39 is 0 Å². The van der Waals surface area contributed by atoms with E-state index in [9.17, 15) is 4.79 Å². The summed E-state index contributed by atoms with van der Waals surface area (Å²) in [5.74, 6) is 1.92. The molecule has 3 rings (SSSR count). The number of anilines is 1. The molecule has 0 aliphatic carbocycles. The van der Waals surface area contributed by atoms with Gasteiger partial charge < -0.3 is 28.8 Å². The van der Waals surface area contributed by atoms with Gasteiger partial charge in [-0.2, -0.15) is 0 Å². The van der Waals surface area contributed by atoms with E-state index in [4.69, 9.17) is 18.6 Å². The molecule has 2 amide bonds. The van der Waals surface area contributed by atoms with Gasteiger partial charge in [0, 0.05) is 19.2 Å². The molecule has 0 unspecified atom stereocenters. The minimum atomic E-state index is -0.236. The van der Waals surface area contributed by atoms with Crippen LogP contribution < -0.4 is 14.8 Å². The molecule has 7 heteroatoms. The van der Waals surface area contributed by atoms with E-state index in [-0.39, 0.29) is 12.1 Å². The number of benzene rings is 1. The van der Waals surface area contributed by atoms with Crippen LogP contribution in [0.25, 0.3) is 0 Å². The Hall–Kier alpha value is -2.67. The summed E-state index contributed by atoms with van der Waals surface area (Å²) in [7, 11) is 3.14. The summed E-state index contributed by atoms with van der Waals surface area (Å²) >= 11 is 0. The predicted molar refractivity (Wildman–Crippen MR) is 96.7 cm³/mol. The van der Waals surface area contributed by atoms with Crippen LogP contribution in [0.4, 0.5) is 10.5 Å². The standard InChI is InChI=1S/C19H24N2O5/c1-23-14-7-8-17(18(11-14)24-2)20-19(22)21(12-15-5-3-9-25-15)13-16-6-4-10-26-16/h3,5,7-9,11,16H,4,6,10,12-13H2,1-2H3,(H,20,22)/t16-/m1/s1. The molecule has 7 nitrogen and oxygen atoms in total. The topological polar surface area (TPSA) is 73.2 Å². The molecule has 140 valence electrons. The Kier molecular flexibility index (Phi) is 6.01. The molecule has 1 atom stereocenters. The van der Waals surface area contributed by atoms with Gasteiger partial charge in [-0.25, -0.2) is 4.79 Å². The van der Waals surface area contributed by atoms with E-state index in [1.807, 2.05) is 12.1 Å². The number of rotatable bonds is 7. The molecule has 0 spiro atoms. The number of carbonyl (C=O) groups is 1. The van der Waals surface area contributed by atoms with Gasteiger partial charge in [-0.3, -0.25) is 0 Å². The first-order valence-corrected chi connectivity index (χ1v) is 8.61. The lowest BCUT2D eigenvalue weighted by atomic mass is 10.2. The van der Waals surface area contributed by atoms with Gasteiger partial charge in [0.1, 0.15) is 17.3 Å². The second-order valence-corrected chi connectivity index (χ2v) is 6.09. The van der Waals surface area contributed by atoms with E-state index in [1.165, 1.54) is 0 Å². The molecule has 0 radical (unpaired) electrons. The SMILES string of the molecule is COc1ccc(NC(=O)N(Cc2ccco2)C[C@H]2CCCO2)c(OC)c1. The Labute approximate surface area is 152 Å². The highest BCUT2D eigenvalue weighted by Gasteiger charge is 2.24. The number of ether oxygens (including phenoxy) is 3. The van der Waals surface area contributed by atoms with Gasteiger partial charge in [0.05, 0.1) is 38.8 Å². The quantitative estimate of drug-likeness (QED) is 0.818. The molecular weight excluding hydrogens is 336 g/mol. The first-order valence-electron chi connectivity index (χ1n) is 8.61. The highest BCUT2D eigenvalue weighted by Crippen LogP contribution is 2.29. The van der Waals surface area contributed by atoms with E-state index in [0.717, 1.165) is 25.2 Å². The number of hydrogen-bond acceptors (Lipinski definition) is 5. The third-order valence-electron chi connectivity index (χ3n) is 4.31. The lowest BCUT2D eigenvalue weighted by Crippen LogP contribution is -2.39. The van der Waals surface area contributed by atoms with Crippen LogP contribution >= 0.6 is 0 Å². The third-order valence-corrected chi connectivity index (χ3v) is 4.31. The van der Waals surface area contributed by atoms with Crippen LogP contribution in [0.5, 0.6) is 11.5 Å². The molecule has 1 saturated heterocycles. The van der Waals surface area contributed by atoms with Crippen molar-refractivity contribution in [2.24, 2.45) is 0 Å². The summed E-state index contributed by atoms with van der Waals surface area (Å²) in [5, 5.41) is 2.91. The van der Waals surface area contributed by atoms with Crippen LogP contribution in [0.3, 0.4) is 0 Å². The Morgan fingerprint density at radius 2 is 2.19 bits per heavy atom. The van der Waals surface area contributed by atoms with Gasteiger partial charge in [0.2, 0.25) is 0 Å². The molecule has 1 fully saturated rings. The number of hydrogen-bond donors (Lipinski definition) is 1. The molecule has 1 aromatic heterocycles. The average molecular weight is 360 g/mol. The maximum absolute atomic E-state index is 12.9. The zero-order chi connectivity index (χ0) is 18.4. The van der Waals surface area contributed by atoms with E-state index in [1.54, 1.807) is 43.6 Å². The molecule has 0 bridgehead atoms. The first-order chi connectivity index (χ1) is 12.7. The number of urea groups is 1. The highest BCUT2D eigenvalue weighted by molar-refractivity contribution is 5.91. The Balaban J connectivity index is 1.73. The minimum Gasteiger partial charge on any atom is -0.497 e. The number of nitrogens with one attached hydrogen (secondary N) is 1. The lowest BCUT2D eigenvalue weighted by molar-refractivity contribution is 0.0803. The van der Waals surface area contributed by atoms with Crippen molar-refractivity contribution in [2.75, 3.05) is 32.7 Å². The van der Waals surface area contributed by atoms with Crippen LogP contribution in [0.2, 0.25) is 0 Å². The fraction of sp³-hybridized carbons (Fsp3) is 0.421. The summed E-state index contributed by atoms with van der Waals surface area (Å²) in [5.41, 5.74) is 0.579. The van der Waals surface area contributed by atoms with Crippen molar-refractivity contribution >= 4 is 11.7 Å². The van der Waals surface area contributed by atoms with Gasteiger partial charge in [-0.05, 0) is 37.1 Å². The number of amides is 2. The van der Waals surface area contributed by atoms with Crippen molar-refractivity contribution < 1.29 is 23.4 Å². The summed E-state index contributed by atoms with van der Waals surface area (Å²) in [6.45, 7) is 1.62. The smallest absolute Gasteiger partial charge is 0.322 e. The third kappa shape index (κ3) is 4.49. The maximum atomic E-state index is 12.9. The van der Waals surface area contributed by atoms with E-state index in [0.29, 0.717) is 30.3 Å². The summed E-state index contributed by atoms with van der Waals surface area (Å²) in [6.07, 6.45) is 3.62. The van der Waals surface area contributed by atoms with Crippen molar-refractivity contribution in [3.63, 3.8) is 0 Å². The van der Waals surface area contributed by atoms with Crippen molar-refractivity contribution in [1.29, 1.82) is 0 Å². The molecule has 26 heavy (non-hydrogen) atoms. The normalized spacial score (nSPS) is 16.3. The molecule has 1 N–H and O–H groups in total. The molecule has 2 aromatic rings. The number of nitrogens with zero attached hydrogens (tertiary/aromatic N) is 1. The van der Waals surface area contributed by atoms with Gasteiger partial charge in [0.25, 0.3) is 0 Å². The Morgan fingerprint density at radius 3 is 2.85 bits per heavy atom. The lowest BCUT2D eigenvalue weighted by Gasteiger charge is -2.25. The van der Waals surface area contributed by atoms with Crippen molar-refractivity contribution in [1.82, 2.24) is 4.90 Å². The number of furan rings is 1. The summed E-state index contributed by atoms with van der Waals surface area (Å²) < 4.78 is 21.6. The Bertz CT molecular complexity index is 711. The van der Waals surface area contributed by atoms with Crippen molar-refractivity contribution in [3.8, 4) is 11.5 Å². The van der Waals surface area contributed by atoms with Gasteiger partial charge in [-0.15, -0.1) is 0 Å². The van der Waals surface area contributed by atoms with Crippen LogP contribution in [0, 0.1) is 0 Å². The molecule has 2 heterocycles. The van der Waals surface area contributed by atoms with Crippen molar-refractivity contribution in [2.45, 2.75) is 25.5 Å². The van der Waals surface area contributed by atoms with Crippen LogP contribution in [-0.2, 0) is 11.3 Å². The zero-order valence-electron chi connectivity index (χ0n) is 15.1. The fourth-order valence-electron chi connectivity index (χ4n) is 2.94. The maximum Gasteiger partial charge on any atom is 0.322 e. The van der Waals surface area contributed by atoms with Gasteiger partial charge >= 0.3 is 6.03 Å². The van der Waals surface area contributed by atoms with Crippen LogP contribution in [-0.4, -0.2) is 44.4 Å². The number of methoxy groups -OCH3 is 2. The molecular formula is C19H24N2O5. The average Bonchev–Trinajstić information content (AvgIpc) is 3.35. The fourth-order valence-corrected chi connectivity index (χ4v) is 2.94. The van der Waals surface area contributed by atoms with E-state index in [2.05, 4.69) is 5.32 Å². The summed E-state index contributed by atoms with van der Waals surface area (Å²) in [6, 6.07) is 8.68. The monoisotopic (exact) mass is 360 g/mol. The number of carbonyl (C=O) groups excluding carboxylic acids is 1. The van der Waals surface area contributed by atoms with E-state index >= 15 is 0 Å². The van der Waals surface area contributed by atoms with Gasteiger partial charge in [0.15, 0.2) is 0 Å². The van der Waals surface area contributed by atoms with Crippen LogP contribution in [0.1, 0.15) is 18.6 Å². The van der Waals surface area contributed by atoms with Crippen molar-refractivity contribution in [3.05, 3.63) is 42.4 Å². The van der Waals surface area contributed by atoms with Gasteiger partial charge in [-0.1, -0.05) is 0 Å². The molecule has 1 aromatic carbocycles.